The zero-order chi connectivity index (χ0) is 29.7. The van der Waals surface area contributed by atoms with Crippen LogP contribution in [0.2, 0.25) is 10.0 Å². The molecule has 11 heteroatoms. The van der Waals surface area contributed by atoms with Crippen molar-refractivity contribution in [3.05, 3.63) is 88.4 Å². The van der Waals surface area contributed by atoms with E-state index in [1.165, 1.54) is 36.3 Å². The van der Waals surface area contributed by atoms with Gasteiger partial charge in [-0.25, -0.2) is 8.42 Å². The van der Waals surface area contributed by atoms with E-state index < -0.39 is 34.1 Å². The second-order valence-corrected chi connectivity index (χ2v) is 12.9. The largest absolute Gasteiger partial charge is 0.495 e. The van der Waals surface area contributed by atoms with Crippen molar-refractivity contribution in [2.45, 2.75) is 50.7 Å². The number of halogens is 2. The fraction of sp³-hybridized carbons (Fsp3) is 0.310. The van der Waals surface area contributed by atoms with E-state index in [4.69, 9.17) is 27.9 Å². The molecule has 0 fully saturated rings. The van der Waals surface area contributed by atoms with Crippen LogP contribution in [0.3, 0.4) is 0 Å². The van der Waals surface area contributed by atoms with Gasteiger partial charge in [0.25, 0.3) is 10.0 Å². The van der Waals surface area contributed by atoms with Crippen LogP contribution in [-0.4, -0.2) is 50.4 Å². The van der Waals surface area contributed by atoms with Gasteiger partial charge < -0.3 is 15.0 Å². The Balaban J connectivity index is 2.09. The number of nitrogens with zero attached hydrogens (tertiary/aromatic N) is 2. The van der Waals surface area contributed by atoms with Crippen LogP contribution >= 0.6 is 23.2 Å². The summed E-state index contributed by atoms with van der Waals surface area (Å²) in [6.45, 7) is 6.54. The van der Waals surface area contributed by atoms with Crippen molar-refractivity contribution in [1.29, 1.82) is 0 Å². The number of rotatable bonds is 10. The number of amides is 2. The summed E-state index contributed by atoms with van der Waals surface area (Å²) >= 11 is 12.3. The van der Waals surface area contributed by atoms with E-state index in [0.29, 0.717) is 10.6 Å². The first-order chi connectivity index (χ1) is 18.7. The first-order valence-corrected chi connectivity index (χ1v) is 14.7. The van der Waals surface area contributed by atoms with Crippen molar-refractivity contribution >= 4 is 50.7 Å². The third kappa shape index (κ3) is 7.90. The smallest absolute Gasteiger partial charge is 0.264 e. The molecule has 0 spiro atoms. The highest BCUT2D eigenvalue weighted by molar-refractivity contribution is 7.92. The van der Waals surface area contributed by atoms with Crippen LogP contribution in [0, 0.1) is 0 Å². The number of hydrogen-bond donors (Lipinski definition) is 1. The van der Waals surface area contributed by atoms with E-state index in [0.717, 1.165) is 4.31 Å². The van der Waals surface area contributed by atoms with Crippen molar-refractivity contribution in [2.75, 3.05) is 18.0 Å². The average molecular weight is 607 g/mol. The molecular weight excluding hydrogens is 573 g/mol. The highest BCUT2D eigenvalue weighted by Gasteiger charge is 2.34. The van der Waals surface area contributed by atoms with Crippen LogP contribution in [-0.2, 0) is 26.2 Å². The van der Waals surface area contributed by atoms with Crippen molar-refractivity contribution in [3.8, 4) is 5.75 Å². The van der Waals surface area contributed by atoms with Gasteiger partial charge in [-0.1, -0.05) is 53.5 Å². The zero-order valence-electron chi connectivity index (χ0n) is 23.0. The molecule has 1 N–H and O–H groups in total. The summed E-state index contributed by atoms with van der Waals surface area (Å²) in [7, 11) is -2.86. The number of carbonyl (C=O) groups is 2. The van der Waals surface area contributed by atoms with Gasteiger partial charge in [0.1, 0.15) is 18.3 Å². The summed E-state index contributed by atoms with van der Waals surface area (Å²) in [5, 5.41) is 3.67. The summed E-state index contributed by atoms with van der Waals surface area (Å²) in [5.41, 5.74) is 0.258. The van der Waals surface area contributed by atoms with Gasteiger partial charge in [0, 0.05) is 22.1 Å². The molecule has 0 bridgehead atoms. The minimum atomic E-state index is -4.26. The number of hydrogen-bond acceptors (Lipinski definition) is 5. The Morgan fingerprint density at radius 3 is 2.12 bits per heavy atom. The van der Waals surface area contributed by atoms with Gasteiger partial charge in [0.05, 0.1) is 17.7 Å². The fourth-order valence-corrected chi connectivity index (χ4v) is 5.66. The van der Waals surface area contributed by atoms with E-state index in [1.54, 1.807) is 55.5 Å². The maximum atomic E-state index is 14.0. The van der Waals surface area contributed by atoms with Gasteiger partial charge in [0.15, 0.2) is 0 Å². The van der Waals surface area contributed by atoms with Crippen LogP contribution in [0.15, 0.2) is 77.7 Å². The molecule has 0 aliphatic heterocycles. The summed E-state index contributed by atoms with van der Waals surface area (Å²) in [5.74, 6) is -0.778. The molecule has 2 amide bonds. The Morgan fingerprint density at radius 1 is 0.950 bits per heavy atom. The van der Waals surface area contributed by atoms with Crippen LogP contribution in [0.5, 0.6) is 5.75 Å². The minimum absolute atomic E-state index is 0.0207. The highest BCUT2D eigenvalue weighted by atomic mass is 35.5. The van der Waals surface area contributed by atoms with Gasteiger partial charge >= 0.3 is 0 Å². The molecule has 3 rings (SSSR count). The third-order valence-electron chi connectivity index (χ3n) is 5.95. The van der Waals surface area contributed by atoms with E-state index in [2.05, 4.69) is 5.32 Å². The summed E-state index contributed by atoms with van der Waals surface area (Å²) < 4.78 is 34.2. The second kappa shape index (κ2) is 12.9. The first kappa shape index (κ1) is 31.3. The number of methoxy groups -OCH3 is 1. The van der Waals surface area contributed by atoms with Gasteiger partial charge in [-0.15, -0.1) is 0 Å². The molecule has 0 saturated heterocycles. The molecule has 0 aliphatic carbocycles. The number of nitrogens with one attached hydrogen (secondary N) is 1. The molecule has 1 atom stereocenters. The topological polar surface area (TPSA) is 96.0 Å². The quantitative estimate of drug-likeness (QED) is 0.328. The van der Waals surface area contributed by atoms with E-state index in [-0.39, 0.29) is 33.8 Å². The monoisotopic (exact) mass is 605 g/mol. The Labute approximate surface area is 245 Å². The lowest BCUT2D eigenvalue weighted by molar-refractivity contribution is -0.140. The molecule has 0 heterocycles. The Morgan fingerprint density at radius 2 is 1.55 bits per heavy atom. The lowest BCUT2D eigenvalue weighted by atomic mass is 10.1. The molecule has 3 aromatic carbocycles. The number of ether oxygens (including phenoxy) is 1. The summed E-state index contributed by atoms with van der Waals surface area (Å²) in [6, 6.07) is 18.2. The molecule has 3 aromatic rings. The number of carbonyl (C=O) groups excluding carboxylic acids is 2. The predicted molar refractivity (Wildman–Crippen MR) is 158 cm³/mol. The van der Waals surface area contributed by atoms with Crippen LogP contribution in [0.4, 0.5) is 5.69 Å². The molecule has 0 saturated carbocycles. The van der Waals surface area contributed by atoms with Crippen molar-refractivity contribution in [3.63, 3.8) is 0 Å². The molecule has 214 valence electrons. The molecule has 8 nitrogen and oxygen atoms in total. The molecular formula is C29H33Cl2N3O5S. The van der Waals surface area contributed by atoms with Crippen LogP contribution in [0.1, 0.15) is 33.3 Å². The van der Waals surface area contributed by atoms with Gasteiger partial charge in [-0.05, 0) is 75.7 Å². The SMILES string of the molecule is COc1ccc(Cl)cc1N(CC(=O)N(Cc1ccc(Cl)cc1)[C@@H](C)C(=O)NC(C)(C)C)S(=O)(=O)c1ccccc1. The Kier molecular flexibility index (Phi) is 10.1. The third-order valence-corrected chi connectivity index (χ3v) is 8.21. The lowest BCUT2D eigenvalue weighted by Crippen LogP contribution is -2.54. The second-order valence-electron chi connectivity index (χ2n) is 10.2. The van der Waals surface area contributed by atoms with Crippen LogP contribution in [0.25, 0.3) is 0 Å². The molecule has 0 radical (unpaired) electrons. The standard InChI is InChI=1S/C29H33Cl2N3O5S/c1-20(28(36)32-29(2,3)4)33(18-21-11-13-22(30)14-12-21)27(35)19-34(25-17-23(31)15-16-26(25)39-5)40(37,38)24-9-7-6-8-10-24/h6-17,20H,18-19H2,1-5H3,(H,32,36)/t20-/m0/s1. The van der Waals surface area contributed by atoms with Gasteiger partial charge in [-0.3, -0.25) is 13.9 Å². The molecule has 0 aromatic heterocycles. The normalized spacial score (nSPS) is 12.4. The van der Waals surface area contributed by atoms with Gasteiger partial charge in [0.2, 0.25) is 11.8 Å². The highest BCUT2D eigenvalue weighted by Crippen LogP contribution is 2.35. The fourth-order valence-electron chi connectivity index (χ4n) is 3.93. The van der Waals surface area contributed by atoms with Crippen LogP contribution < -0.4 is 14.4 Å². The van der Waals surface area contributed by atoms with Crippen molar-refractivity contribution in [1.82, 2.24) is 10.2 Å². The van der Waals surface area contributed by atoms with E-state index >= 15 is 0 Å². The van der Waals surface area contributed by atoms with Gasteiger partial charge in [-0.2, -0.15) is 0 Å². The predicted octanol–water partition coefficient (Wildman–Crippen LogP) is 5.53. The maximum Gasteiger partial charge on any atom is 0.264 e. The molecule has 40 heavy (non-hydrogen) atoms. The Hall–Kier alpha value is -3.27. The van der Waals surface area contributed by atoms with E-state index in [9.17, 15) is 18.0 Å². The summed E-state index contributed by atoms with van der Waals surface area (Å²) in [6.07, 6.45) is 0. The van der Waals surface area contributed by atoms with Crippen molar-refractivity contribution < 1.29 is 22.7 Å². The average Bonchev–Trinajstić information content (AvgIpc) is 2.90. The lowest BCUT2D eigenvalue weighted by Gasteiger charge is -2.33. The number of sulfonamides is 1. The first-order valence-electron chi connectivity index (χ1n) is 12.5. The minimum Gasteiger partial charge on any atom is -0.495 e. The van der Waals surface area contributed by atoms with Crippen molar-refractivity contribution in [2.24, 2.45) is 0 Å². The number of anilines is 1. The zero-order valence-corrected chi connectivity index (χ0v) is 25.3. The summed E-state index contributed by atoms with van der Waals surface area (Å²) in [4.78, 5) is 28.5. The maximum absolute atomic E-state index is 14.0. The van der Waals surface area contributed by atoms with E-state index in [1.807, 2.05) is 20.8 Å². The number of benzene rings is 3. The molecule has 0 unspecified atom stereocenters. The molecule has 0 aliphatic rings. The Bertz CT molecular complexity index is 1440.